The van der Waals surface area contributed by atoms with E-state index in [9.17, 15) is 4.79 Å². The van der Waals surface area contributed by atoms with Gasteiger partial charge in [-0.25, -0.2) is 0 Å². The van der Waals surface area contributed by atoms with E-state index in [0.29, 0.717) is 24.9 Å². The van der Waals surface area contributed by atoms with Gasteiger partial charge in [0.25, 0.3) is 6.47 Å². The Bertz CT molecular complexity index is 132. The van der Waals surface area contributed by atoms with Crippen molar-refractivity contribution >= 4 is 6.47 Å². The van der Waals surface area contributed by atoms with Crippen molar-refractivity contribution in [2.45, 2.75) is 52.9 Å². The molecule has 0 spiro atoms. The van der Waals surface area contributed by atoms with Crippen LogP contribution in [0.5, 0.6) is 0 Å². The molecule has 0 aliphatic rings. The van der Waals surface area contributed by atoms with Gasteiger partial charge in [0.05, 0.1) is 6.61 Å². The van der Waals surface area contributed by atoms with Gasteiger partial charge in [0.1, 0.15) is 0 Å². The predicted molar refractivity (Wildman–Crippen MR) is 59.1 cm³/mol. The summed E-state index contributed by atoms with van der Waals surface area (Å²) in [6.07, 6.45) is 6.16. The first-order chi connectivity index (χ1) is 6.70. The number of hydrogen-bond donors (Lipinski definition) is 0. The van der Waals surface area contributed by atoms with E-state index in [1.807, 2.05) is 0 Å². The maximum atomic E-state index is 10.1. The van der Waals surface area contributed by atoms with Crippen LogP contribution in [-0.2, 0) is 9.53 Å². The van der Waals surface area contributed by atoms with Gasteiger partial charge in [0.2, 0.25) is 0 Å². The third kappa shape index (κ3) is 8.09. The van der Waals surface area contributed by atoms with Gasteiger partial charge in [-0.1, -0.05) is 40.0 Å². The Hall–Kier alpha value is -0.530. The van der Waals surface area contributed by atoms with Crippen LogP contribution >= 0.6 is 0 Å². The van der Waals surface area contributed by atoms with Gasteiger partial charge in [-0.15, -0.1) is 0 Å². The number of hydrogen-bond acceptors (Lipinski definition) is 2. The lowest BCUT2D eigenvalue weighted by molar-refractivity contribution is -0.130. The van der Waals surface area contributed by atoms with E-state index in [1.165, 1.54) is 25.7 Å². The van der Waals surface area contributed by atoms with Crippen molar-refractivity contribution in [3.05, 3.63) is 0 Å². The molecular formula is C12H24O2. The van der Waals surface area contributed by atoms with Crippen LogP contribution < -0.4 is 0 Å². The van der Waals surface area contributed by atoms with Crippen molar-refractivity contribution in [2.75, 3.05) is 6.61 Å². The van der Waals surface area contributed by atoms with E-state index >= 15 is 0 Å². The molecule has 0 radical (unpaired) electrons. The highest BCUT2D eigenvalue weighted by Gasteiger charge is 2.10. The minimum absolute atomic E-state index is 0.562. The number of rotatable bonds is 9. The second-order valence-corrected chi connectivity index (χ2v) is 4.42. The van der Waals surface area contributed by atoms with Crippen LogP contribution in [0.3, 0.4) is 0 Å². The molecule has 84 valence electrons. The molecule has 1 atom stereocenters. The topological polar surface area (TPSA) is 26.3 Å². The first kappa shape index (κ1) is 13.5. The fraction of sp³-hybridized carbons (Fsp3) is 0.917. The summed E-state index contributed by atoms with van der Waals surface area (Å²) in [7, 11) is 0. The Labute approximate surface area is 88.0 Å². The van der Waals surface area contributed by atoms with Crippen molar-refractivity contribution < 1.29 is 9.53 Å². The van der Waals surface area contributed by atoms with Crippen LogP contribution in [0.15, 0.2) is 0 Å². The molecule has 0 aromatic heterocycles. The number of carbonyl (C=O) groups excluding carboxylic acids is 1. The monoisotopic (exact) mass is 200 g/mol. The lowest BCUT2D eigenvalue weighted by Gasteiger charge is -2.17. The molecule has 0 aromatic carbocycles. The van der Waals surface area contributed by atoms with Crippen LogP contribution in [-0.4, -0.2) is 13.1 Å². The molecule has 0 aliphatic carbocycles. The zero-order valence-electron chi connectivity index (χ0n) is 9.79. The van der Waals surface area contributed by atoms with Crippen LogP contribution in [0, 0.1) is 11.8 Å². The zero-order valence-corrected chi connectivity index (χ0v) is 9.79. The third-order valence-electron chi connectivity index (χ3n) is 2.42. The van der Waals surface area contributed by atoms with E-state index in [1.54, 1.807) is 0 Å². The van der Waals surface area contributed by atoms with E-state index in [2.05, 4.69) is 20.8 Å². The van der Waals surface area contributed by atoms with E-state index < -0.39 is 0 Å². The summed E-state index contributed by atoms with van der Waals surface area (Å²) in [4.78, 5) is 10.1. The smallest absolute Gasteiger partial charge is 0.293 e. The molecule has 0 aromatic rings. The van der Waals surface area contributed by atoms with Gasteiger partial charge in [0.15, 0.2) is 0 Å². The molecule has 14 heavy (non-hydrogen) atoms. The van der Waals surface area contributed by atoms with Crippen molar-refractivity contribution in [1.29, 1.82) is 0 Å². The number of carbonyl (C=O) groups is 1. The largest absolute Gasteiger partial charge is 0.468 e. The standard InChI is InChI=1S/C12H24O2/c1-4-5-6-7-12(8-11(2)3)9-14-10-13/h10-12H,4-9H2,1-3H3. The van der Waals surface area contributed by atoms with Gasteiger partial charge < -0.3 is 4.74 Å². The molecule has 0 amide bonds. The van der Waals surface area contributed by atoms with Crippen LogP contribution in [0.1, 0.15) is 52.9 Å². The lowest BCUT2D eigenvalue weighted by Crippen LogP contribution is -2.12. The van der Waals surface area contributed by atoms with Crippen LogP contribution in [0.2, 0.25) is 0 Å². The maximum absolute atomic E-state index is 10.1. The van der Waals surface area contributed by atoms with Gasteiger partial charge in [-0.2, -0.15) is 0 Å². The van der Waals surface area contributed by atoms with Crippen molar-refractivity contribution in [2.24, 2.45) is 11.8 Å². The van der Waals surface area contributed by atoms with Crippen LogP contribution in [0.4, 0.5) is 0 Å². The first-order valence-corrected chi connectivity index (χ1v) is 5.75. The summed E-state index contributed by atoms with van der Waals surface area (Å²) < 4.78 is 4.85. The summed E-state index contributed by atoms with van der Waals surface area (Å²) in [6.45, 7) is 7.80. The van der Waals surface area contributed by atoms with E-state index in [4.69, 9.17) is 4.74 Å². The summed E-state index contributed by atoms with van der Waals surface area (Å²) in [6, 6.07) is 0. The highest BCUT2D eigenvalue weighted by molar-refractivity contribution is 5.36. The van der Waals surface area contributed by atoms with Gasteiger partial charge in [-0.3, -0.25) is 4.79 Å². The molecule has 0 aliphatic heterocycles. The molecule has 0 saturated heterocycles. The fourth-order valence-corrected chi connectivity index (χ4v) is 1.79. The highest BCUT2D eigenvalue weighted by atomic mass is 16.5. The van der Waals surface area contributed by atoms with Crippen molar-refractivity contribution in [3.8, 4) is 0 Å². The Morgan fingerprint density at radius 2 is 2.00 bits per heavy atom. The summed E-state index contributed by atoms with van der Waals surface area (Å²) in [5.41, 5.74) is 0. The maximum Gasteiger partial charge on any atom is 0.293 e. The average molecular weight is 200 g/mol. The molecule has 0 heterocycles. The molecule has 0 bridgehead atoms. The summed E-state index contributed by atoms with van der Waals surface area (Å²) in [5, 5.41) is 0. The second kappa shape index (κ2) is 9.04. The molecule has 0 saturated carbocycles. The Kier molecular flexibility index (Phi) is 8.70. The molecule has 0 rings (SSSR count). The molecule has 0 N–H and O–H groups in total. The lowest BCUT2D eigenvalue weighted by atomic mass is 9.93. The minimum atomic E-state index is 0.562. The van der Waals surface area contributed by atoms with Crippen LogP contribution in [0.25, 0.3) is 0 Å². The zero-order chi connectivity index (χ0) is 10.8. The molecular weight excluding hydrogens is 176 g/mol. The number of unbranched alkanes of at least 4 members (excludes halogenated alkanes) is 2. The molecule has 2 nitrogen and oxygen atoms in total. The Balaban J connectivity index is 3.66. The van der Waals surface area contributed by atoms with Gasteiger partial charge >= 0.3 is 0 Å². The fourth-order valence-electron chi connectivity index (χ4n) is 1.79. The Morgan fingerprint density at radius 3 is 2.50 bits per heavy atom. The average Bonchev–Trinajstić information content (AvgIpc) is 2.13. The van der Waals surface area contributed by atoms with Gasteiger partial charge in [0, 0.05) is 0 Å². The minimum Gasteiger partial charge on any atom is -0.468 e. The Morgan fingerprint density at radius 1 is 1.29 bits per heavy atom. The normalized spacial score (nSPS) is 12.9. The highest BCUT2D eigenvalue weighted by Crippen LogP contribution is 2.18. The quantitative estimate of drug-likeness (QED) is 0.421. The van der Waals surface area contributed by atoms with Crippen molar-refractivity contribution in [3.63, 3.8) is 0 Å². The SMILES string of the molecule is CCCCCC(COC=O)CC(C)C. The first-order valence-electron chi connectivity index (χ1n) is 5.75. The number of ether oxygens (including phenoxy) is 1. The van der Waals surface area contributed by atoms with E-state index in [-0.39, 0.29) is 0 Å². The van der Waals surface area contributed by atoms with E-state index in [0.717, 1.165) is 6.42 Å². The predicted octanol–water partition coefficient (Wildman–Crippen LogP) is 3.40. The molecule has 2 heteroatoms. The second-order valence-electron chi connectivity index (χ2n) is 4.42. The van der Waals surface area contributed by atoms with Gasteiger partial charge in [-0.05, 0) is 24.7 Å². The van der Waals surface area contributed by atoms with Crippen molar-refractivity contribution in [1.82, 2.24) is 0 Å². The summed E-state index contributed by atoms with van der Waals surface area (Å²) >= 11 is 0. The molecule has 1 unspecified atom stereocenters. The third-order valence-corrected chi connectivity index (χ3v) is 2.42. The molecule has 0 fully saturated rings. The summed E-state index contributed by atoms with van der Waals surface area (Å²) in [5.74, 6) is 1.25.